The fraction of sp³-hybridized carbons (Fsp3) is 0.235. The van der Waals surface area contributed by atoms with E-state index < -0.39 is 0 Å². The summed E-state index contributed by atoms with van der Waals surface area (Å²) in [7, 11) is 0. The summed E-state index contributed by atoms with van der Waals surface area (Å²) < 4.78 is 5.60. The number of benzene rings is 2. The van der Waals surface area contributed by atoms with E-state index in [1.54, 1.807) is 18.2 Å². The van der Waals surface area contributed by atoms with Gasteiger partial charge >= 0.3 is 0 Å². The van der Waals surface area contributed by atoms with Gasteiger partial charge in [-0.15, -0.1) is 0 Å². The van der Waals surface area contributed by atoms with E-state index in [0.29, 0.717) is 29.5 Å². The first-order valence-corrected chi connectivity index (χ1v) is 7.59. The van der Waals surface area contributed by atoms with Crippen molar-refractivity contribution in [2.45, 2.75) is 18.8 Å². The van der Waals surface area contributed by atoms with Crippen LogP contribution in [0.15, 0.2) is 42.5 Å². The zero-order valence-corrected chi connectivity index (χ0v) is 12.8. The zero-order chi connectivity index (χ0) is 14.8. The predicted molar refractivity (Wildman–Crippen MR) is 84.5 cm³/mol. The van der Waals surface area contributed by atoms with Crippen LogP contribution in [0.5, 0.6) is 5.75 Å². The van der Waals surface area contributed by atoms with Crippen molar-refractivity contribution in [2.24, 2.45) is 0 Å². The second-order valence-corrected chi connectivity index (χ2v) is 5.95. The number of ether oxygens (including phenoxy) is 1. The third-order valence-electron chi connectivity index (χ3n) is 3.72. The number of ketones is 1. The van der Waals surface area contributed by atoms with Crippen LogP contribution in [0.1, 0.15) is 23.5 Å². The summed E-state index contributed by atoms with van der Waals surface area (Å²) in [6, 6.07) is 12.9. The van der Waals surface area contributed by atoms with E-state index >= 15 is 0 Å². The first-order valence-electron chi connectivity index (χ1n) is 6.83. The summed E-state index contributed by atoms with van der Waals surface area (Å²) in [5.74, 6) is 0.819. The molecule has 0 bridgehead atoms. The number of para-hydroxylation sites is 1. The molecule has 0 N–H and O–H groups in total. The lowest BCUT2D eigenvalue weighted by atomic mass is 9.87. The zero-order valence-electron chi connectivity index (χ0n) is 11.3. The highest BCUT2D eigenvalue weighted by Crippen LogP contribution is 2.35. The second kappa shape index (κ2) is 6.08. The Morgan fingerprint density at radius 3 is 2.86 bits per heavy atom. The van der Waals surface area contributed by atoms with Crippen molar-refractivity contribution in [1.29, 1.82) is 0 Å². The Balaban J connectivity index is 1.85. The smallest absolute Gasteiger partial charge is 0.145 e. The molecular weight excluding hydrogens is 307 g/mol. The van der Waals surface area contributed by atoms with Crippen LogP contribution in [0.2, 0.25) is 10.0 Å². The van der Waals surface area contributed by atoms with Gasteiger partial charge in [0, 0.05) is 27.9 Å². The van der Waals surface area contributed by atoms with Gasteiger partial charge in [-0.2, -0.15) is 0 Å². The number of hydrogen-bond acceptors (Lipinski definition) is 2. The quantitative estimate of drug-likeness (QED) is 0.821. The molecule has 2 aromatic carbocycles. The molecule has 0 aliphatic carbocycles. The first kappa shape index (κ1) is 14.4. The van der Waals surface area contributed by atoms with Gasteiger partial charge in [0.05, 0.1) is 6.61 Å². The average molecular weight is 321 g/mol. The summed E-state index contributed by atoms with van der Waals surface area (Å²) in [6.45, 7) is 0.566. The van der Waals surface area contributed by atoms with Gasteiger partial charge in [0.15, 0.2) is 0 Å². The lowest BCUT2D eigenvalue weighted by Gasteiger charge is -2.25. The third-order valence-corrected chi connectivity index (χ3v) is 4.32. The number of carbonyl (C=O) groups excluding carboxylic acids is 1. The van der Waals surface area contributed by atoms with Crippen LogP contribution in [0, 0.1) is 0 Å². The molecule has 1 atom stereocenters. The van der Waals surface area contributed by atoms with Crippen LogP contribution < -0.4 is 4.74 Å². The maximum atomic E-state index is 12.6. The molecule has 1 unspecified atom stereocenters. The van der Waals surface area contributed by atoms with E-state index in [1.807, 2.05) is 24.3 Å². The predicted octanol–water partition coefficient (Wildman–Crippen LogP) is 4.67. The maximum Gasteiger partial charge on any atom is 0.145 e. The number of halogens is 2. The fourth-order valence-corrected chi connectivity index (χ4v) is 3.05. The van der Waals surface area contributed by atoms with Crippen molar-refractivity contribution in [1.82, 2.24) is 0 Å². The molecule has 0 radical (unpaired) electrons. The minimum Gasteiger partial charge on any atom is -0.493 e. The van der Waals surface area contributed by atoms with E-state index in [2.05, 4.69) is 0 Å². The Kier molecular flexibility index (Phi) is 4.18. The van der Waals surface area contributed by atoms with E-state index in [-0.39, 0.29) is 11.7 Å². The van der Waals surface area contributed by atoms with Gasteiger partial charge in [-0.3, -0.25) is 4.79 Å². The van der Waals surface area contributed by atoms with Gasteiger partial charge in [0.25, 0.3) is 0 Å². The molecule has 3 rings (SSSR count). The third kappa shape index (κ3) is 3.07. The average Bonchev–Trinajstić information content (AvgIpc) is 2.50. The van der Waals surface area contributed by atoms with Gasteiger partial charge in [-0.05, 0) is 36.2 Å². The van der Waals surface area contributed by atoms with Crippen molar-refractivity contribution in [3.8, 4) is 5.75 Å². The Labute approximate surface area is 133 Å². The Hall–Kier alpha value is -1.51. The van der Waals surface area contributed by atoms with Crippen LogP contribution in [0.25, 0.3) is 0 Å². The monoisotopic (exact) mass is 320 g/mol. The van der Waals surface area contributed by atoms with E-state index in [9.17, 15) is 4.79 Å². The number of hydrogen-bond donors (Lipinski definition) is 0. The highest BCUT2D eigenvalue weighted by Gasteiger charge is 2.27. The Bertz CT molecular complexity index is 682. The maximum absolute atomic E-state index is 12.6. The minimum absolute atomic E-state index is 0.134. The molecule has 1 heterocycles. The van der Waals surface area contributed by atoms with Crippen LogP contribution in [0.3, 0.4) is 0 Å². The summed E-state index contributed by atoms with van der Waals surface area (Å²) >= 11 is 12.1. The number of rotatable bonds is 3. The summed E-state index contributed by atoms with van der Waals surface area (Å²) in [5, 5.41) is 1.17. The van der Waals surface area contributed by atoms with E-state index in [1.165, 1.54) is 0 Å². The molecule has 21 heavy (non-hydrogen) atoms. The highest BCUT2D eigenvalue weighted by molar-refractivity contribution is 6.33. The fourth-order valence-electron chi connectivity index (χ4n) is 2.67. The van der Waals surface area contributed by atoms with E-state index in [0.717, 1.165) is 16.9 Å². The molecule has 2 nitrogen and oxygen atoms in total. The standard InChI is InChI=1S/C17H14Cl2O2/c18-12-5-6-15(19)11(9-12)10-16(20)13-7-8-21-17-4-2-1-3-14(13)17/h1-6,9,13H,7-8,10H2. The minimum atomic E-state index is -0.134. The molecule has 1 aliphatic heterocycles. The SMILES string of the molecule is O=C(Cc1cc(Cl)ccc1Cl)C1CCOc2ccccc21. The summed E-state index contributed by atoms with van der Waals surface area (Å²) in [5.41, 5.74) is 1.74. The molecule has 1 aliphatic rings. The molecule has 4 heteroatoms. The topological polar surface area (TPSA) is 26.3 Å². The molecule has 0 saturated heterocycles. The van der Waals surface area contributed by atoms with E-state index in [4.69, 9.17) is 27.9 Å². The van der Waals surface area contributed by atoms with Crippen molar-refractivity contribution in [3.05, 3.63) is 63.6 Å². The van der Waals surface area contributed by atoms with Crippen LogP contribution in [-0.4, -0.2) is 12.4 Å². The second-order valence-electron chi connectivity index (χ2n) is 5.11. The molecule has 0 fully saturated rings. The summed E-state index contributed by atoms with van der Waals surface area (Å²) in [4.78, 5) is 12.6. The van der Waals surface area contributed by atoms with Gasteiger partial charge < -0.3 is 4.74 Å². The summed E-state index contributed by atoms with van der Waals surface area (Å²) in [6.07, 6.45) is 0.992. The molecule has 0 spiro atoms. The van der Waals surface area contributed by atoms with Crippen molar-refractivity contribution in [3.63, 3.8) is 0 Å². The normalized spacial score (nSPS) is 17.0. The molecule has 0 saturated carbocycles. The largest absolute Gasteiger partial charge is 0.493 e. The molecular formula is C17H14Cl2O2. The lowest BCUT2D eigenvalue weighted by molar-refractivity contribution is -0.120. The molecule has 0 aromatic heterocycles. The van der Waals surface area contributed by atoms with Crippen LogP contribution in [-0.2, 0) is 11.2 Å². The van der Waals surface area contributed by atoms with Gasteiger partial charge in [-0.1, -0.05) is 41.4 Å². The van der Waals surface area contributed by atoms with Gasteiger partial charge in [0.2, 0.25) is 0 Å². The highest BCUT2D eigenvalue weighted by atomic mass is 35.5. The van der Waals surface area contributed by atoms with Gasteiger partial charge in [-0.25, -0.2) is 0 Å². The van der Waals surface area contributed by atoms with Crippen molar-refractivity contribution < 1.29 is 9.53 Å². The Morgan fingerprint density at radius 2 is 2.00 bits per heavy atom. The molecule has 0 amide bonds. The van der Waals surface area contributed by atoms with Crippen LogP contribution in [0.4, 0.5) is 0 Å². The Morgan fingerprint density at radius 1 is 1.19 bits per heavy atom. The van der Waals surface area contributed by atoms with Crippen LogP contribution >= 0.6 is 23.2 Å². The molecule has 108 valence electrons. The molecule has 2 aromatic rings. The van der Waals surface area contributed by atoms with Crippen molar-refractivity contribution >= 4 is 29.0 Å². The number of carbonyl (C=O) groups is 1. The lowest BCUT2D eigenvalue weighted by Crippen LogP contribution is -2.22. The number of Topliss-reactive ketones (excluding diaryl/α,β-unsaturated/α-hetero) is 1. The van der Waals surface area contributed by atoms with Gasteiger partial charge in [0.1, 0.15) is 11.5 Å². The number of fused-ring (bicyclic) bond motifs is 1. The first-order chi connectivity index (χ1) is 10.1. The van der Waals surface area contributed by atoms with Crippen molar-refractivity contribution in [2.75, 3.05) is 6.61 Å².